The van der Waals surface area contributed by atoms with Gasteiger partial charge < -0.3 is 16.0 Å². The Labute approximate surface area is 132 Å². The summed E-state index contributed by atoms with van der Waals surface area (Å²) in [6.07, 6.45) is 1.89. The number of urea groups is 1. The van der Waals surface area contributed by atoms with Crippen molar-refractivity contribution in [2.24, 2.45) is 0 Å². The molecule has 6 heteroatoms. The van der Waals surface area contributed by atoms with Gasteiger partial charge in [-0.25, -0.2) is 13.6 Å². The molecule has 0 atom stereocenters. The minimum absolute atomic E-state index is 0.0382. The number of halogens is 2. The van der Waals surface area contributed by atoms with Gasteiger partial charge in [0.25, 0.3) is 0 Å². The van der Waals surface area contributed by atoms with Gasteiger partial charge in [0.1, 0.15) is 11.5 Å². The highest BCUT2D eigenvalue weighted by Crippen LogP contribution is 2.32. The molecule has 1 aliphatic rings. The molecule has 3 rings (SSSR count). The van der Waals surface area contributed by atoms with Crippen LogP contribution in [0.15, 0.2) is 36.4 Å². The third-order valence-corrected chi connectivity index (χ3v) is 3.95. The van der Waals surface area contributed by atoms with Gasteiger partial charge >= 0.3 is 6.03 Å². The number of hydrogen-bond acceptors (Lipinski definition) is 2. The van der Waals surface area contributed by atoms with Gasteiger partial charge in [0.05, 0.1) is 5.69 Å². The van der Waals surface area contributed by atoms with Gasteiger partial charge in [-0.3, -0.25) is 0 Å². The highest BCUT2D eigenvalue weighted by molar-refractivity contribution is 5.94. The number of anilines is 2. The van der Waals surface area contributed by atoms with Crippen LogP contribution < -0.4 is 11.1 Å². The van der Waals surface area contributed by atoms with Crippen molar-refractivity contribution in [1.29, 1.82) is 0 Å². The predicted octanol–water partition coefficient (Wildman–Crippen LogP) is 3.84. The Hall–Kier alpha value is -2.63. The molecular formula is C17H17F2N3O. The Balaban J connectivity index is 1.92. The van der Waals surface area contributed by atoms with Crippen LogP contribution in [0.25, 0.3) is 11.1 Å². The van der Waals surface area contributed by atoms with E-state index in [1.807, 2.05) is 0 Å². The lowest BCUT2D eigenvalue weighted by Gasteiger charge is -2.18. The van der Waals surface area contributed by atoms with E-state index in [2.05, 4.69) is 5.32 Å². The summed E-state index contributed by atoms with van der Waals surface area (Å²) in [6.45, 7) is 1.32. The van der Waals surface area contributed by atoms with Crippen molar-refractivity contribution >= 4 is 17.4 Å². The summed E-state index contributed by atoms with van der Waals surface area (Å²) in [4.78, 5) is 13.8. The van der Waals surface area contributed by atoms with Crippen LogP contribution in [-0.4, -0.2) is 24.0 Å². The highest BCUT2D eigenvalue weighted by Gasteiger charge is 2.21. The molecule has 1 aliphatic heterocycles. The average molecular weight is 317 g/mol. The Morgan fingerprint density at radius 3 is 2.35 bits per heavy atom. The molecule has 23 heavy (non-hydrogen) atoms. The molecular weight excluding hydrogens is 300 g/mol. The highest BCUT2D eigenvalue weighted by atomic mass is 19.1. The number of nitrogens with two attached hydrogens (primary N) is 1. The van der Waals surface area contributed by atoms with Gasteiger partial charge in [0, 0.05) is 18.7 Å². The summed E-state index contributed by atoms with van der Waals surface area (Å²) < 4.78 is 27.8. The second-order valence-corrected chi connectivity index (χ2v) is 5.52. The zero-order chi connectivity index (χ0) is 16.4. The third kappa shape index (κ3) is 3.11. The summed E-state index contributed by atoms with van der Waals surface area (Å²) >= 11 is 0. The minimum Gasteiger partial charge on any atom is -0.397 e. The number of nitrogens with one attached hydrogen (secondary N) is 1. The SMILES string of the molecule is Nc1ccc(-c2ccc(F)cc2)c(F)c1NC(=O)N1CCCC1. The largest absolute Gasteiger partial charge is 0.397 e. The predicted molar refractivity (Wildman–Crippen MR) is 86.0 cm³/mol. The number of carbonyl (C=O) groups is 1. The smallest absolute Gasteiger partial charge is 0.321 e. The maximum atomic E-state index is 14.8. The molecule has 2 amide bonds. The normalized spacial score (nSPS) is 14.1. The standard InChI is InChI=1S/C17H17F2N3O/c18-12-5-3-11(4-6-12)13-7-8-14(20)16(15(13)19)21-17(23)22-9-1-2-10-22/h3-8H,1-2,9-10,20H2,(H,21,23). The number of hydrogen-bond donors (Lipinski definition) is 2. The van der Waals surface area contributed by atoms with E-state index in [1.165, 1.54) is 36.4 Å². The summed E-state index contributed by atoms with van der Waals surface area (Å²) in [5.41, 5.74) is 6.70. The van der Waals surface area contributed by atoms with E-state index in [4.69, 9.17) is 5.73 Å². The minimum atomic E-state index is -0.621. The molecule has 1 saturated heterocycles. The molecule has 1 heterocycles. The molecule has 0 bridgehead atoms. The van der Waals surface area contributed by atoms with E-state index >= 15 is 0 Å². The fraction of sp³-hybridized carbons (Fsp3) is 0.235. The fourth-order valence-corrected chi connectivity index (χ4v) is 2.68. The van der Waals surface area contributed by atoms with Crippen molar-refractivity contribution in [2.75, 3.05) is 24.1 Å². The third-order valence-electron chi connectivity index (χ3n) is 3.95. The second kappa shape index (κ2) is 6.24. The van der Waals surface area contributed by atoms with Crippen LogP contribution in [0.5, 0.6) is 0 Å². The van der Waals surface area contributed by atoms with Crippen LogP contribution in [0.2, 0.25) is 0 Å². The number of nitrogens with zero attached hydrogens (tertiary/aromatic N) is 1. The lowest BCUT2D eigenvalue weighted by atomic mass is 10.0. The number of nitrogen functional groups attached to an aromatic ring is 1. The van der Waals surface area contributed by atoms with E-state index in [0.717, 1.165) is 12.8 Å². The molecule has 2 aromatic carbocycles. The zero-order valence-electron chi connectivity index (χ0n) is 12.5. The topological polar surface area (TPSA) is 58.4 Å². The lowest BCUT2D eigenvalue weighted by Crippen LogP contribution is -2.32. The Bertz CT molecular complexity index is 725. The van der Waals surface area contributed by atoms with Crippen molar-refractivity contribution < 1.29 is 13.6 Å². The summed E-state index contributed by atoms with van der Waals surface area (Å²) in [6, 6.07) is 8.17. The number of amides is 2. The Morgan fingerprint density at radius 1 is 1.04 bits per heavy atom. The number of rotatable bonds is 2. The Kier molecular flexibility index (Phi) is 4.14. The quantitative estimate of drug-likeness (QED) is 0.827. The summed E-state index contributed by atoms with van der Waals surface area (Å²) in [5.74, 6) is -1.02. The van der Waals surface area contributed by atoms with Crippen molar-refractivity contribution in [2.45, 2.75) is 12.8 Å². The molecule has 1 fully saturated rings. The molecule has 0 aliphatic carbocycles. The number of carbonyl (C=O) groups excluding carboxylic acids is 1. The van der Waals surface area contributed by atoms with E-state index in [-0.39, 0.29) is 23.0 Å². The van der Waals surface area contributed by atoms with Crippen molar-refractivity contribution in [3.8, 4) is 11.1 Å². The van der Waals surface area contributed by atoms with Crippen molar-refractivity contribution in [1.82, 2.24) is 4.90 Å². The maximum absolute atomic E-state index is 14.8. The first-order valence-electron chi connectivity index (χ1n) is 7.46. The van der Waals surface area contributed by atoms with Gasteiger partial charge in [-0.1, -0.05) is 12.1 Å². The van der Waals surface area contributed by atoms with Gasteiger partial charge in [0.2, 0.25) is 0 Å². The molecule has 0 unspecified atom stereocenters. The molecule has 2 aromatic rings. The molecule has 3 N–H and O–H groups in total. The molecule has 0 aromatic heterocycles. The monoisotopic (exact) mass is 317 g/mol. The summed E-state index contributed by atoms with van der Waals surface area (Å²) in [5, 5.41) is 2.55. The van der Waals surface area contributed by atoms with Gasteiger partial charge in [-0.2, -0.15) is 0 Å². The molecule has 0 radical (unpaired) electrons. The fourth-order valence-electron chi connectivity index (χ4n) is 2.68. The van der Waals surface area contributed by atoms with Crippen LogP contribution in [-0.2, 0) is 0 Å². The second-order valence-electron chi connectivity index (χ2n) is 5.52. The number of likely N-dealkylation sites (tertiary alicyclic amines) is 1. The summed E-state index contributed by atoms with van der Waals surface area (Å²) in [7, 11) is 0. The first-order chi connectivity index (χ1) is 11.1. The average Bonchev–Trinajstić information content (AvgIpc) is 3.07. The van der Waals surface area contributed by atoms with Gasteiger partial charge in [-0.15, -0.1) is 0 Å². The first kappa shape index (κ1) is 15.3. The lowest BCUT2D eigenvalue weighted by molar-refractivity contribution is 0.222. The molecule has 4 nitrogen and oxygen atoms in total. The van der Waals surface area contributed by atoms with E-state index in [1.54, 1.807) is 4.90 Å². The van der Waals surface area contributed by atoms with Gasteiger partial charge in [-0.05, 0) is 42.7 Å². The van der Waals surface area contributed by atoms with Crippen molar-refractivity contribution in [3.63, 3.8) is 0 Å². The van der Waals surface area contributed by atoms with Crippen LogP contribution in [0.3, 0.4) is 0 Å². The molecule has 0 saturated carbocycles. The van der Waals surface area contributed by atoms with Crippen LogP contribution in [0.1, 0.15) is 12.8 Å². The Morgan fingerprint density at radius 2 is 1.70 bits per heavy atom. The maximum Gasteiger partial charge on any atom is 0.321 e. The molecule has 120 valence electrons. The van der Waals surface area contributed by atoms with Crippen LogP contribution in [0, 0.1) is 11.6 Å². The molecule has 0 spiro atoms. The zero-order valence-corrected chi connectivity index (χ0v) is 12.5. The van der Waals surface area contributed by atoms with Crippen molar-refractivity contribution in [3.05, 3.63) is 48.0 Å². The van der Waals surface area contributed by atoms with Gasteiger partial charge in [0.15, 0.2) is 5.82 Å². The van der Waals surface area contributed by atoms with Crippen LogP contribution in [0.4, 0.5) is 25.0 Å². The van der Waals surface area contributed by atoms with E-state index in [9.17, 15) is 13.6 Å². The van der Waals surface area contributed by atoms with Crippen LogP contribution >= 0.6 is 0 Å². The first-order valence-corrected chi connectivity index (χ1v) is 7.46. The number of benzene rings is 2. The van der Waals surface area contributed by atoms with E-state index in [0.29, 0.717) is 18.7 Å². The van der Waals surface area contributed by atoms with E-state index < -0.39 is 11.6 Å².